The largest absolute Gasteiger partial charge is 0.496 e. The lowest BCUT2D eigenvalue weighted by Gasteiger charge is -2.13. The van der Waals surface area contributed by atoms with E-state index < -0.39 is 0 Å². The summed E-state index contributed by atoms with van der Waals surface area (Å²) in [6.45, 7) is 4.15. The van der Waals surface area contributed by atoms with Crippen molar-refractivity contribution in [2.45, 2.75) is 19.9 Å². The molecule has 0 aliphatic carbocycles. The Morgan fingerprint density at radius 3 is 2.72 bits per heavy atom. The summed E-state index contributed by atoms with van der Waals surface area (Å²) in [7, 11) is 1.61. The van der Waals surface area contributed by atoms with E-state index in [1.165, 1.54) is 0 Å². The van der Waals surface area contributed by atoms with E-state index in [2.05, 4.69) is 25.0 Å². The van der Waals surface area contributed by atoms with Crippen LogP contribution in [0.1, 0.15) is 25.5 Å². The molecule has 0 aliphatic heterocycles. The Labute approximate surface area is 106 Å². The molecule has 0 unspecified atom stereocenters. The van der Waals surface area contributed by atoms with Crippen LogP contribution in [0.2, 0.25) is 0 Å². The van der Waals surface area contributed by atoms with Crippen LogP contribution >= 0.6 is 0 Å². The van der Waals surface area contributed by atoms with Crippen molar-refractivity contribution in [2.75, 3.05) is 7.11 Å². The molecule has 0 saturated heterocycles. The number of hydrogen-bond acceptors (Lipinski definition) is 3. The fourth-order valence-corrected chi connectivity index (χ4v) is 1.91. The minimum Gasteiger partial charge on any atom is -0.496 e. The van der Waals surface area contributed by atoms with Crippen LogP contribution in [-0.2, 0) is 0 Å². The van der Waals surface area contributed by atoms with Crippen LogP contribution in [-0.4, -0.2) is 16.9 Å². The summed E-state index contributed by atoms with van der Waals surface area (Å²) in [5.74, 6) is 0.691. The Hall–Kier alpha value is -2.28. The first-order valence-electron chi connectivity index (χ1n) is 5.79. The molecule has 92 valence electrons. The number of methoxy groups -OCH3 is 1. The van der Waals surface area contributed by atoms with Crippen LogP contribution in [0, 0.1) is 11.3 Å². The number of rotatable bonds is 3. The Kier molecular flexibility index (Phi) is 3.33. The summed E-state index contributed by atoms with van der Waals surface area (Å²) in [5, 5.41) is 13.2. The quantitative estimate of drug-likeness (QED) is 0.830. The first-order chi connectivity index (χ1) is 8.67. The maximum absolute atomic E-state index is 8.90. The van der Waals surface area contributed by atoms with Gasteiger partial charge in [0.15, 0.2) is 0 Å². The van der Waals surface area contributed by atoms with Gasteiger partial charge in [0.25, 0.3) is 0 Å². The van der Waals surface area contributed by atoms with E-state index in [4.69, 9.17) is 10.00 Å². The van der Waals surface area contributed by atoms with Crippen LogP contribution in [0.5, 0.6) is 5.75 Å². The van der Waals surface area contributed by atoms with E-state index in [1.54, 1.807) is 25.4 Å². The number of nitrogens with zero attached hydrogens (tertiary/aromatic N) is 3. The second-order valence-electron chi connectivity index (χ2n) is 4.28. The second-order valence-corrected chi connectivity index (χ2v) is 4.28. The van der Waals surface area contributed by atoms with Crippen molar-refractivity contribution >= 4 is 0 Å². The Morgan fingerprint density at radius 1 is 1.33 bits per heavy atom. The van der Waals surface area contributed by atoms with Crippen molar-refractivity contribution in [3.05, 3.63) is 36.0 Å². The van der Waals surface area contributed by atoms with Crippen molar-refractivity contribution in [3.63, 3.8) is 0 Å². The van der Waals surface area contributed by atoms with E-state index in [0.29, 0.717) is 11.3 Å². The SMILES string of the molecule is COc1cc(C#N)ccc1-c1ccnn1C(C)C. The van der Waals surface area contributed by atoms with Gasteiger partial charge in [0.2, 0.25) is 0 Å². The van der Waals surface area contributed by atoms with Gasteiger partial charge >= 0.3 is 0 Å². The molecule has 1 aromatic heterocycles. The molecule has 2 rings (SSSR count). The van der Waals surface area contributed by atoms with Gasteiger partial charge in [-0.05, 0) is 38.1 Å². The molecule has 0 spiro atoms. The lowest BCUT2D eigenvalue weighted by atomic mass is 10.1. The number of hydrogen-bond donors (Lipinski definition) is 0. The lowest BCUT2D eigenvalue weighted by Crippen LogP contribution is -2.05. The molecule has 2 aromatic rings. The maximum atomic E-state index is 8.90. The highest BCUT2D eigenvalue weighted by molar-refractivity contribution is 5.68. The van der Waals surface area contributed by atoms with Crippen LogP contribution < -0.4 is 4.74 Å². The van der Waals surface area contributed by atoms with E-state index in [1.807, 2.05) is 16.8 Å². The highest BCUT2D eigenvalue weighted by atomic mass is 16.5. The number of nitriles is 1. The molecule has 0 radical (unpaired) electrons. The summed E-state index contributed by atoms with van der Waals surface area (Å²) in [6, 6.07) is 9.76. The van der Waals surface area contributed by atoms with Crippen LogP contribution in [0.3, 0.4) is 0 Å². The maximum Gasteiger partial charge on any atom is 0.129 e. The van der Waals surface area contributed by atoms with Gasteiger partial charge in [0.05, 0.1) is 24.4 Å². The molecule has 18 heavy (non-hydrogen) atoms. The van der Waals surface area contributed by atoms with Gasteiger partial charge < -0.3 is 4.74 Å². The normalized spacial score (nSPS) is 10.4. The molecule has 0 bridgehead atoms. The summed E-state index contributed by atoms with van der Waals surface area (Å²) >= 11 is 0. The Balaban J connectivity index is 2.57. The van der Waals surface area contributed by atoms with Gasteiger partial charge in [-0.2, -0.15) is 10.4 Å². The summed E-state index contributed by atoms with van der Waals surface area (Å²) in [5.41, 5.74) is 2.53. The molecule has 0 aliphatic rings. The summed E-state index contributed by atoms with van der Waals surface area (Å²) in [6.07, 6.45) is 1.77. The monoisotopic (exact) mass is 241 g/mol. The molecule has 0 atom stereocenters. The highest BCUT2D eigenvalue weighted by Gasteiger charge is 2.13. The highest BCUT2D eigenvalue weighted by Crippen LogP contribution is 2.31. The van der Waals surface area contributed by atoms with E-state index in [-0.39, 0.29) is 6.04 Å². The van der Waals surface area contributed by atoms with Gasteiger partial charge in [-0.25, -0.2) is 0 Å². The standard InChI is InChI=1S/C14H15N3O/c1-10(2)17-13(6-7-16-17)12-5-4-11(9-15)8-14(12)18-3/h4-8,10H,1-3H3. The van der Waals surface area contributed by atoms with E-state index in [0.717, 1.165) is 11.3 Å². The minimum atomic E-state index is 0.273. The lowest BCUT2D eigenvalue weighted by molar-refractivity contribution is 0.415. The van der Waals surface area contributed by atoms with Crippen molar-refractivity contribution in [2.24, 2.45) is 0 Å². The zero-order valence-electron chi connectivity index (χ0n) is 10.7. The third-order valence-corrected chi connectivity index (χ3v) is 2.77. The summed E-state index contributed by atoms with van der Waals surface area (Å²) < 4.78 is 7.29. The molecule has 0 fully saturated rings. The van der Waals surface area contributed by atoms with Crippen LogP contribution in [0.15, 0.2) is 30.5 Å². The number of ether oxygens (including phenoxy) is 1. The first kappa shape index (κ1) is 12.2. The topological polar surface area (TPSA) is 50.8 Å². The smallest absolute Gasteiger partial charge is 0.129 e. The Bertz CT molecular complexity index is 593. The fraction of sp³-hybridized carbons (Fsp3) is 0.286. The average molecular weight is 241 g/mol. The fourth-order valence-electron chi connectivity index (χ4n) is 1.91. The van der Waals surface area contributed by atoms with Crippen molar-refractivity contribution in [3.8, 4) is 23.1 Å². The van der Waals surface area contributed by atoms with Crippen molar-refractivity contribution < 1.29 is 4.74 Å². The molecule has 0 saturated carbocycles. The second kappa shape index (κ2) is 4.92. The molecule has 0 N–H and O–H groups in total. The van der Waals surface area contributed by atoms with Gasteiger partial charge in [0.1, 0.15) is 5.75 Å². The third kappa shape index (κ3) is 2.07. The first-order valence-corrected chi connectivity index (χ1v) is 5.79. The predicted molar refractivity (Wildman–Crippen MR) is 69.3 cm³/mol. The molecule has 4 nitrogen and oxygen atoms in total. The molecular weight excluding hydrogens is 226 g/mol. The Morgan fingerprint density at radius 2 is 2.11 bits per heavy atom. The predicted octanol–water partition coefficient (Wildman–Crippen LogP) is 3.01. The molecule has 0 amide bonds. The van der Waals surface area contributed by atoms with Crippen LogP contribution in [0.4, 0.5) is 0 Å². The van der Waals surface area contributed by atoms with E-state index in [9.17, 15) is 0 Å². The zero-order valence-corrected chi connectivity index (χ0v) is 10.7. The molecule has 1 aromatic carbocycles. The van der Waals surface area contributed by atoms with E-state index >= 15 is 0 Å². The van der Waals surface area contributed by atoms with Gasteiger partial charge in [-0.15, -0.1) is 0 Å². The van der Waals surface area contributed by atoms with Crippen molar-refractivity contribution in [1.82, 2.24) is 9.78 Å². The molecular formula is C14H15N3O. The van der Waals surface area contributed by atoms with Gasteiger partial charge in [-0.3, -0.25) is 4.68 Å². The third-order valence-electron chi connectivity index (χ3n) is 2.77. The molecule has 4 heteroatoms. The van der Waals surface area contributed by atoms with Gasteiger partial charge in [-0.1, -0.05) is 0 Å². The number of aromatic nitrogens is 2. The minimum absolute atomic E-state index is 0.273. The van der Waals surface area contributed by atoms with Crippen molar-refractivity contribution in [1.29, 1.82) is 5.26 Å². The summed E-state index contributed by atoms with van der Waals surface area (Å²) in [4.78, 5) is 0. The number of benzene rings is 1. The van der Waals surface area contributed by atoms with Crippen LogP contribution in [0.25, 0.3) is 11.3 Å². The average Bonchev–Trinajstić information content (AvgIpc) is 2.87. The van der Waals surface area contributed by atoms with Gasteiger partial charge in [0, 0.05) is 17.8 Å². The molecule has 1 heterocycles. The zero-order chi connectivity index (χ0) is 13.1.